The summed E-state index contributed by atoms with van der Waals surface area (Å²) in [7, 11) is 0. The van der Waals surface area contributed by atoms with Crippen LogP contribution in [-0.4, -0.2) is 17.6 Å². The van der Waals surface area contributed by atoms with Gasteiger partial charge in [-0.2, -0.15) is 0 Å². The maximum absolute atomic E-state index is 13.6. The molecule has 6 heteroatoms. The summed E-state index contributed by atoms with van der Waals surface area (Å²) in [5.74, 6) is -0.659. The molecule has 3 rings (SSSR count). The molecule has 3 N–H and O–H groups in total. The molecule has 0 saturated heterocycles. The molecule has 1 aliphatic heterocycles. The first-order chi connectivity index (χ1) is 10.1. The Morgan fingerprint density at radius 2 is 1.95 bits per heavy atom. The molecule has 4 nitrogen and oxygen atoms in total. The Bertz CT molecular complexity index is 703. The van der Waals surface area contributed by atoms with E-state index in [0.717, 1.165) is 5.69 Å². The predicted molar refractivity (Wildman–Crippen MR) is 81.2 cm³/mol. The van der Waals surface area contributed by atoms with Crippen molar-refractivity contribution in [3.8, 4) is 5.75 Å². The molecular weight excluding hydrogens is 293 g/mol. The fourth-order valence-electron chi connectivity index (χ4n) is 2.40. The number of aromatic hydroxyl groups is 1. The highest BCUT2D eigenvalue weighted by Gasteiger charge is 2.29. The van der Waals surface area contributed by atoms with E-state index in [1.807, 2.05) is 17.0 Å². The van der Waals surface area contributed by atoms with E-state index in [9.17, 15) is 9.50 Å². The standard InChI is InChI=1S/C15H13ClFN3O/c16-10-2-4-11(5-3-10)20-13(8-19-15(20)18)9-1-6-14(21)12(17)7-9/h1-7,13,21H,8H2,(H2,18,19). The molecule has 0 aliphatic carbocycles. The molecule has 0 bridgehead atoms. The lowest BCUT2D eigenvalue weighted by Crippen LogP contribution is -2.36. The third-order valence-corrected chi connectivity index (χ3v) is 3.70. The van der Waals surface area contributed by atoms with E-state index in [1.165, 1.54) is 12.1 Å². The second-order valence-electron chi connectivity index (χ2n) is 4.77. The highest BCUT2D eigenvalue weighted by molar-refractivity contribution is 6.30. The number of phenols is 1. The number of halogens is 2. The third-order valence-electron chi connectivity index (χ3n) is 3.45. The fraction of sp³-hybridized carbons (Fsp3) is 0.133. The maximum atomic E-state index is 13.6. The summed E-state index contributed by atoms with van der Waals surface area (Å²) in [6.45, 7) is 0.429. The van der Waals surface area contributed by atoms with Crippen molar-refractivity contribution in [2.24, 2.45) is 10.7 Å². The molecule has 2 aromatic carbocycles. The van der Waals surface area contributed by atoms with Gasteiger partial charge in [0, 0.05) is 10.7 Å². The SMILES string of the molecule is NC1=NCC(c2ccc(O)c(F)c2)N1c1ccc(Cl)cc1. The first-order valence-corrected chi connectivity index (χ1v) is 6.77. The zero-order chi connectivity index (χ0) is 15.0. The lowest BCUT2D eigenvalue weighted by atomic mass is 10.1. The molecule has 0 spiro atoms. The first kappa shape index (κ1) is 13.7. The third kappa shape index (κ3) is 2.52. The topological polar surface area (TPSA) is 61.9 Å². The predicted octanol–water partition coefficient (Wildman–Crippen LogP) is 3.06. The minimum absolute atomic E-state index is 0.207. The van der Waals surface area contributed by atoms with Gasteiger partial charge >= 0.3 is 0 Å². The average molecular weight is 306 g/mol. The van der Waals surface area contributed by atoms with Crippen molar-refractivity contribution >= 4 is 23.2 Å². The number of nitrogens with zero attached hydrogens (tertiary/aromatic N) is 2. The summed E-state index contributed by atoms with van der Waals surface area (Å²) in [6.07, 6.45) is 0. The second kappa shape index (κ2) is 5.26. The van der Waals surface area contributed by atoms with Crippen LogP contribution in [0, 0.1) is 5.82 Å². The van der Waals surface area contributed by atoms with Crippen LogP contribution in [0.5, 0.6) is 5.75 Å². The van der Waals surface area contributed by atoms with Crippen LogP contribution in [0.4, 0.5) is 10.1 Å². The Hall–Kier alpha value is -2.27. The number of benzene rings is 2. The number of hydrogen-bond acceptors (Lipinski definition) is 4. The van der Waals surface area contributed by atoms with E-state index in [2.05, 4.69) is 4.99 Å². The molecule has 21 heavy (non-hydrogen) atoms. The summed E-state index contributed by atoms with van der Waals surface area (Å²) in [6, 6.07) is 11.3. The number of nitrogens with two attached hydrogens (primary N) is 1. The first-order valence-electron chi connectivity index (χ1n) is 6.39. The Morgan fingerprint density at radius 3 is 2.62 bits per heavy atom. The zero-order valence-corrected chi connectivity index (χ0v) is 11.8. The monoisotopic (exact) mass is 305 g/mol. The molecule has 0 fully saturated rings. The van der Waals surface area contributed by atoms with Gasteiger partial charge in [0.05, 0.1) is 12.6 Å². The Labute approximate surface area is 126 Å². The van der Waals surface area contributed by atoms with Crippen molar-refractivity contribution in [1.82, 2.24) is 0 Å². The van der Waals surface area contributed by atoms with Crippen LogP contribution in [0.25, 0.3) is 0 Å². The molecular formula is C15H13ClFN3O. The Kier molecular flexibility index (Phi) is 3.43. The molecule has 0 saturated carbocycles. The van der Waals surface area contributed by atoms with Crippen molar-refractivity contribution in [1.29, 1.82) is 0 Å². The second-order valence-corrected chi connectivity index (χ2v) is 5.21. The maximum Gasteiger partial charge on any atom is 0.196 e. The highest BCUT2D eigenvalue weighted by atomic mass is 35.5. The van der Waals surface area contributed by atoms with Gasteiger partial charge in [0.25, 0.3) is 0 Å². The highest BCUT2D eigenvalue weighted by Crippen LogP contribution is 2.33. The summed E-state index contributed by atoms with van der Waals surface area (Å²) < 4.78 is 13.6. The Balaban J connectivity index is 1.98. The molecule has 1 heterocycles. The van der Waals surface area contributed by atoms with Crippen molar-refractivity contribution in [2.45, 2.75) is 6.04 Å². The quantitative estimate of drug-likeness (QED) is 0.896. The van der Waals surface area contributed by atoms with Gasteiger partial charge in [-0.15, -0.1) is 0 Å². The van der Waals surface area contributed by atoms with Crippen molar-refractivity contribution in [3.05, 3.63) is 58.9 Å². The minimum Gasteiger partial charge on any atom is -0.505 e. The molecule has 1 unspecified atom stereocenters. The van der Waals surface area contributed by atoms with E-state index >= 15 is 0 Å². The molecule has 2 aromatic rings. The Morgan fingerprint density at radius 1 is 1.24 bits per heavy atom. The van der Waals surface area contributed by atoms with E-state index in [1.54, 1.807) is 18.2 Å². The van der Waals surface area contributed by atoms with Gasteiger partial charge in [0.1, 0.15) is 0 Å². The van der Waals surface area contributed by atoms with Crippen LogP contribution >= 0.6 is 11.6 Å². The van der Waals surface area contributed by atoms with Gasteiger partial charge in [-0.05, 0) is 42.0 Å². The minimum atomic E-state index is -0.658. The van der Waals surface area contributed by atoms with Crippen LogP contribution in [-0.2, 0) is 0 Å². The molecule has 0 radical (unpaired) electrons. The van der Waals surface area contributed by atoms with Crippen LogP contribution < -0.4 is 10.6 Å². The molecule has 108 valence electrons. The molecule has 0 aromatic heterocycles. The van der Waals surface area contributed by atoms with E-state index in [-0.39, 0.29) is 11.8 Å². The van der Waals surface area contributed by atoms with Gasteiger partial charge in [-0.25, -0.2) is 4.39 Å². The number of rotatable bonds is 2. The summed E-state index contributed by atoms with van der Waals surface area (Å²) in [4.78, 5) is 6.05. The average Bonchev–Trinajstić information content (AvgIpc) is 2.85. The molecule has 1 aliphatic rings. The lowest BCUT2D eigenvalue weighted by Gasteiger charge is -2.26. The smallest absolute Gasteiger partial charge is 0.196 e. The van der Waals surface area contributed by atoms with Gasteiger partial charge < -0.3 is 15.7 Å². The number of guanidine groups is 1. The van der Waals surface area contributed by atoms with Crippen molar-refractivity contribution in [2.75, 3.05) is 11.4 Å². The summed E-state index contributed by atoms with van der Waals surface area (Å²) in [5, 5.41) is 9.92. The van der Waals surface area contributed by atoms with Crippen molar-refractivity contribution in [3.63, 3.8) is 0 Å². The van der Waals surface area contributed by atoms with E-state index in [0.29, 0.717) is 23.1 Å². The number of aliphatic imine (C=N–C) groups is 1. The van der Waals surface area contributed by atoms with Crippen LogP contribution in [0.2, 0.25) is 5.02 Å². The number of hydrogen-bond donors (Lipinski definition) is 2. The summed E-state index contributed by atoms with van der Waals surface area (Å²) in [5.41, 5.74) is 7.47. The largest absolute Gasteiger partial charge is 0.505 e. The number of anilines is 1. The van der Waals surface area contributed by atoms with Gasteiger partial charge in [0.15, 0.2) is 17.5 Å². The van der Waals surface area contributed by atoms with Gasteiger partial charge in [-0.3, -0.25) is 4.99 Å². The molecule has 1 atom stereocenters. The van der Waals surface area contributed by atoms with Gasteiger partial charge in [0.2, 0.25) is 0 Å². The fourth-order valence-corrected chi connectivity index (χ4v) is 2.52. The van der Waals surface area contributed by atoms with E-state index in [4.69, 9.17) is 17.3 Å². The normalized spacial score (nSPS) is 17.9. The van der Waals surface area contributed by atoms with Crippen LogP contribution in [0.1, 0.15) is 11.6 Å². The summed E-state index contributed by atoms with van der Waals surface area (Å²) >= 11 is 5.89. The lowest BCUT2D eigenvalue weighted by molar-refractivity contribution is 0.431. The van der Waals surface area contributed by atoms with Gasteiger partial charge in [-0.1, -0.05) is 17.7 Å². The van der Waals surface area contributed by atoms with Crippen LogP contribution in [0.15, 0.2) is 47.5 Å². The number of phenolic OH excluding ortho intramolecular Hbond substituents is 1. The van der Waals surface area contributed by atoms with Crippen LogP contribution in [0.3, 0.4) is 0 Å². The van der Waals surface area contributed by atoms with Crippen molar-refractivity contribution < 1.29 is 9.50 Å². The zero-order valence-electron chi connectivity index (χ0n) is 11.0. The molecule has 0 amide bonds. The van der Waals surface area contributed by atoms with E-state index < -0.39 is 5.82 Å².